The van der Waals surface area contributed by atoms with Gasteiger partial charge in [0.05, 0.1) is 6.04 Å². The highest BCUT2D eigenvalue weighted by Gasteiger charge is 2.51. The average molecular weight is 443 g/mol. The number of H-pyrrole nitrogens is 1. The second-order valence-electron chi connectivity index (χ2n) is 9.05. The molecule has 2 atom stereocenters. The molecule has 1 aliphatic heterocycles. The molecule has 1 aliphatic carbocycles. The molecule has 7 heteroatoms. The quantitative estimate of drug-likeness (QED) is 0.631. The standard InChI is InChI=1S/C26H26N4O3/c1-26(2)22(18-7-4-3-5-8-18)30(25(32)33-26)20-11-9-17(10-12-20)21-15-19(16-29-24(21)31)23-27-13-6-14-28-23/h3-9,13-16,20,22H,10-12H2,1-2H3,(H,29,31). The van der Waals surface area contributed by atoms with Gasteiger partial charge in [-0.1, -0.05) is 36.4 Å². The van der Waals surface area contributed by atoms with E-state index in [1.807, 2.05) is 55.1 Å². The van der Waals surface area contributed by atoms with Crippen molar-refractivity contribution in [2.75, 3.05) is 0 Å². The van der Waals surface area contributed by atoms with Gasteiger partial charge in [-0.05, 0) is 56.4 Å². The summed E-state index contributed by atoms with van der Waals surface area (Å²) < 4.78 is 5.77. The summed E-state index contributed by atoms with van der Waals surface area (Å²) in [4.78, 5) is 38.7. The van der Waals surface area contributed by atoms with E-state index in [1.54, 1.807) is 24.7 Å². The maximum Gasteiger partial charge on any atom is 0.411 e. The van der Waals surface area contributed by atoms with Crippen molar-refractivity contribution in [2.24, 2.45) is 0 Å². The number of hydrogen-bond acceptors (Lipinski definition) is 5. The van der Waals surface area contributed by atoms with E-state index in [-0.39, 0.29) is 23.7 Å². The van der Waals surface area contributed by atoms with E-state index in [1.165, 1.54) is 0 Å². The number of nitrogens with zero attached hydrogens (tertiary/aromatic N) is 3. The van der Waals surface area contributed by atoms with Crippen LogP contribution >= 0.6 is 0 Å². The minimum absolute atomic E-state index is 0.00736. The van der Waals surface area contributed by atoms with Crippen LogP contribution in [0.5, 0.6) is 0 Å². The summed E-state index contributed by atoms with van der Waals surface area (Å²) in [6, 6.07) is 13.5. The lowest BCUT2D eigenvalue weighted by Gasteiger charge is -2.36. The van der Waals surface area contributed by atoms with Gasteiger partial charge >= 0.3 is 6.09 Å². The SMILES string of the molecule is CC1(C)OC(=O)N(C2CC=C(c3cc(-c4ncccn4)c[nH]c3=O)CC2)C1c1ccccc1. The number of amides is 1. The molecular weight excluding hydrogens is 416 g/mol. The molecule has 1 N–H and O–H groups in total. The molecule has 168 valence electrons. The maximum absolute atomic E-state index is 12.9. The smallest absolute Gasteiger partial charge is 0.411 e. The van der Waals surface area contributed by atoms with E-state index >= 15 is 0 Å². The molecule has 1 saturated heterocycles. The number of rotatable bonds is 4. The minimum Gasteiger partial charge on any atom is -0.441 e. The van der Waals surface area contributed by atoms with Gasteiger partial charge in [0.25, 0.3) is 5.56 Å². The number of allylic oxidation sites excluding steroid dienone is 1. The molecule has 0 saturated carbocycles. The predicted octanol–water partition coefficient (Wildman–Crippen LogP) is 4.74. The van der Waals surface area contributed by atoms with Crippen molar-refractivity contribution in [2.45, 2.75) is 50.8 Å². The van der Waals surface area contributed by atoms with Crippen molar-refractivity contribution in [1.82, 2.24) is 19.9 Å². The summed E-state index contributed by atoms with van der Waals surface area (Å²) in [7, 11) is 0. The summed E-state index contributed by atoms with van der Waals surface area (Å²) in [6.07, 6.45) is 8.90. The number of cyclic esters (lactones) is 1. The highest BCUT2D eigenvalue weighted by atomic mass is 16.6. The van der Waals surface area contributed by atoms with Crippen LogP contribution in [0.15, 0.2) is 71.9 Å². The van der Waals surface area contributed by atoms with Crippen LogP contribution in [-0.2, 0) is 4.74 Å². The fraction of sp³-hybridized carbons (Fsp3) is 0.308. The van der Waals surface area contributed by atoms with E-state index in [9.17, 15) is 9.59 Å². The second kappa shape index (κ2) is 8.31. The van der Waals surface area contributed by atoms with Crippen LogP contribution in [0.2, 0.25) is 0 Å². The molecule has 1 amide bonds. The molecule has 1 aromatic carbocycles. The lowest BCUT2D eigenvalue weighted by molar-refractivity contribution is 0.0668. The van der Waals surface area contributed by atoms with Crippen molar-refractivity contribution >= 4 is 11.7 Å². The van der Waals surface area contributed by atoms with Crippen molar-refractivity contribution in [1.29, 1.82) is 0 Å². The Hall–Kier alpha value is -3.74. The van der Waals surface area contributed by atoms with Gasteiger partial charge < -0.3 is 9.72 Å². The van der Waals surface area contributed by atoms with Crippen molar-refractivity contribution in [3.05, 3.63) is 88.6 Å². The monoisotopic (exact) mass is 442 g/mol. The first-order chi connectivity index (χ1) is 15.9. The number of benzene rings is 1. The van der Waals surface area contributed by atoms with E-state index in [0.29, 0.717) is 24.2 Å². The van der Waals surface area contributed by atoms with Gasteiger partial charge in [0.2, 0.25) is 0 Å². The Bertz CT molecular complexity index is 1250. The van der Waals surface area contributed by atoms with Gasteiger partial charge in [-0.25, -0.2) is 14.8 Å². The molecule has 2 unspecified atom stereocenters. The van der Waals surface area contributed by atoms with Gasteiger partial charge in [0, 0.05) is 35.8 Å². The number of hydrogen-bond donors (Lipinski definition) is 1. The minimum atomic E-state index is -0.621. The third-order valence-electron chi connectivity index (χ3n) is 6.46. The molecule has 0 radical (unpaired) electrons. The molecular formula is C26H26N4O3. The van der Waals surface area contributed by atoms with Crippen molar-refractivity contribution < 1.29 is 9.53 Å². The van der Waals surface area contributed by atoms with Gasteiger partial charge in [-0.3, -0.25) is 9.69 Å². The Morgan fingerprint density at radius 1 is 1.09 bits per heavy atom. The zero-order chi connectivity index (χ0) is 23.0. The molecule has 2 aromatic heterocycles. The number of carbonyl (C=O) groups is 1. The first-order valence-corrected chi connectivity index (χ1v) is 11.2. The lowest BCUT2D eigenvalue weighted by Crippen LogP contribution is -2.41. The Kier molecular flexibility index (Phi) is 5.32. The molecule has 2 aliphatic rings. The summed E-state index contributed by atoms with van der Waals surface area (Å²) >= 11 is 0. The number of aromatic nitrogens is 3. The summed E-state index contributed by atoms with van der Waals surface area (Å²) in [5, 5.41) is 0. The molecule has 3 heterocycles. The molecule has 0 bridgehead atoms. The highest BCUT2D eigenvalue weighted by molar-refractivity contribution is 5.74. The molecule has 1 fully saturated rings. The lowest BCUT2D eigenvalue weighted by atomic mass is 9.86. The van der Waals surface area contributed by atoms with Crippen LogP contribution in [0.25, 0.3) is 17.0 Å². The molecule has 3 aromatic rings. The largest absolute Gasteiger partial charge is 0.441 e. The van der Waals surface area contributed by atoms with E-state index in [2.05, 4.69) is 21.0 Å². The topological polar surface area (TPSA) is 88.2 Å². The first kappa shape index (κ1) is 21.1. The average Bonchev–Trinajstić information content (AvgIpc) is 3.08. The van der Waals surface area contributed by atoms with Crippen molar-refractivity contribution in [3.63, 3.8) is 0 Å². The molecule has 7 nitrogen and oxygen atoms in total. The number of ether oxygens (including phenoxy) is 1. The molecule has 5 rings (SSSR count). The third kappa shape index (κ3) is 3.95. The fourth-order valence-corrected chi connectivity index (χ4v) is 4.95. The van der Waals surface area contributed by atoms with E-state index in [4.69, 9.17) is 4.74 Å². The Morgan fingerprint density at radius 3 is 2.55 bits per heavy atom. The van der Waals surface area contributed by atoms with Crippen LogP contribution in [0.1, 0.15) is 50.3 Å². The number of nitrogens with one attached hydrogen (secondary N) is 1. The fourth-order valence-electron chi connectivity index (χ4n) is 4.95. The van der Waals surface area contributed by atoms with Gasteiger partial charge in [-0.15, -0.1) is 0 Å². The van der Waals surface area contributed by atoms with Crippen LogP contribution in [-0.4, -0.2) is 37.6 Å². The van der Waals surface area contributed by atoms with E-state index in [0.717, 1.165) is 23.1 Å². The summed E-state index contributed by atoms with van der Waals surface area (Å²) in [5.41, 5.74) is 2.68. The van der Waals surface area contributed by atoms with Gasteiger partial charge in [0.15, 0.2) is 5.82 Å². The van der Waals surface area contributed by atoms with Gasteiger partial charge in [-0.2, -0.15) is 0 Å². The van der Waals surface area contributed by atoms with Crippen LogP contribution in [0.3, 0.4) is 0 Å². The van der Waals surface area contributed by atoms with Crippen LogP contribution < -0.4 is 5.56 Å². The Labute approximate surface area is 192 Å². The zero-order valence-corrected chi connectivity index (χ0v) is 18.7. The zero-order valence-electron chi connectivity index (χ0n) is 18.7. The molecule has 0 spiro atoms. The Balaban J connectivity index is 1.42. The molecule has 33 heavy (non-hydrogen) atoms. The van der Waals surface area contributed by atoms with Crippen LogP contribution in [0, 0.1) is 0 Å². The number of aromatic amines is 1. The second-order valence-corrected chi connectivity index (χ2v) is 9.05. The van der Waals surface area contributed by atoms with Crippen LogP contribution in [0.4, 0.5) is 4.79 Å². The third-order valence-corrected chi connectivity index (χ3v) is 6.46. The van der Waals surface area contributed by atoms with Gasteiger partial charge in [0.1, 0.15) is 5.60 Å². The predicted molar refractivity (Wildman–Crippen MR) is 125 cm³/mol. The number of pyridine rings is 1. The van der Waals surface area contributed by atoms with E-state index < -0.39 is 5.60 Å². The van der Waals surface area contributed by atoms with Crippen molar-refractivity contribution in [3.8, 4) is 11.4 Å². The Morgan fingerprint density at radius 2 is 1.85 bits per heavy atom. The summed E-state index contributed by atoms with van der Waals surface area (Å²) in [6.45, 7) is 3.92. The first-order valence-electron chi connectivity index (χ1n) is 11.2. The normalized spacial score (nSPS) is 22.1. The maximum atomic E-state index is 12.9. The summed E-state index contributed by atoms with van der Waals surface area (Å²) in [5.74, 6) is 0.567. The number of carbonyl (C=O) groups excluding carboxylic acids is 1. The highest BCUT2D eigenvalue weighted by Crippen LogP contribution is 2.44.